The summed E-state index contributed by atoms with van der Waals surface area (Å²) in [4.78, 5) is 0. The highest BCUT2D eigenvalue weighted by Gasteiger charge is 1.92. The normalized spacial score (nSPS) is 12.3. The molecule has 0 radical (unpaired) electrons. The maximum Gasteiger partial charge on any atom is 0.216 e. The number of hydrogen-bond acceptors (Lipinski definition) is 2. The highest BCUT2D eigenvalue weighted by atomic mass is 27.0. The zero-order valence-corrected chi connectivity index (χ0v) is 6.39. The molecule has 0 rings (SSSR count). The van der Waals surface area contributed by atoms with E-state index in [0.29, 0.717) is 0 Å². The molecule has 7 heavy (non-hydrogen) atoms. The van der Waals surface area contributed by atoms with Crippen molar-refractivity contribution in [3.05, 3.63) is 0 Å². The monoisotopic (exact) mass is 122 g/mol. The van der Waals surface area contributed by atoms with Gasteiger partial charge in [-0.3, -0.25) is 0 Å². The average Bonchev–Trinajstić information content (AvgIpc) is 1.65. The van der Waals surface area contributed by atoms with Crippen LogP contribution < -0.4 is 0 Å². The molecule has 0 fully saturated rings. The lowest BCUT2D eigenvalue weighted by atomic mass is 10.4. The zero-order chi connectivity index (χ0) is 4.99. The number of hydrogen-bond donors (Lipinski definition) is 2. The maximum atomic E-state index is 8.45. The second-order valence-electron chi connectivity index (χ2n) is 1.24. The van der Waals surface area contributed by atoms with Crippen LogP contribution >= 0.6 is 0 Å². The number of aliphatic hydroxyl groups is 2. The minimum absolute atomic E-state index is 0. The summed E-state index contributed by atoms with van der Waals surface area (Å²) in [5.74, 6) is 0. The largest absolute Gasteiger partial charge is 0.412 e. The molecule has 0 amide bonds. The summed E-state index contributed by atoms with van der Waals surface area (Å²) < 4.78 is 0. The van der Waals surface area contributed by atoms with E-state index in [2.05, 4.69) is 0 Å². The van der Waals surface area contributed by atoms with Gasteiger partial charge in [0.2, 0.25) is 16.3 Å². The van der Waals surface area contributed by atoms with E-state index in [0.717, 1.165) is 21.6 Å². The predicted molar refractivity (Wildman–Crippen MR) is 30.1 cm³/mol. The Morgan fingerprint density at radius 2 is 2.00 bits per heavy atom. The van der Waals surface area contributed by atoms with Gasteiger partial charge < -0.3 is 15.7 Å². The number of aliphatic hydroxyl groups excluding tert-OH is 2. The highest BCUT2D eigenvalue weighted by Crippen LogP contribution is 1.81. The first-order chi connectivity index (χ1) is 2.81. The molecule has 4 N–H and O–H groups in total. The van der Waals surface area contributed by atoms with Crippen molar-refractivity contribution in [2.75, 3.05) is 6.61 Å². The molecule has 44 valence electrons. The third kappa shape index (κ3) is 6.41. The Hall–Kier alpha value is 0.412. The van der Waals surface area contributed by atoms with Gasteiger partial charge >= 0.3 is 0 Å². The van der Waals surface area contributed by atoms with E-state index in [4.69, 9.17) is 10.2 Å². The third-order valence-corrected chi connectivity index (χ3v) is 1.62. The minimum atomic E-state index is -0.448. The molecule has 0 saturated heterocycles. The highest BCUT2D eigenvalue weighted by molar-refractivity contribution is 6.08. The summed E-state index contributed by atoms with van der Waals surface area (Å²) in [7, 11) is 0. The molecule has 0 aromatic rings. The van der Waals surface area contributed by atoms with Gasteiger partial charge in [0, 0.05) is 0 Å². The van der Waals surface area contributed by atoms with Crippen molar-refractivity contribution in [2.45, 2.75) is 11.4 Å². The van der Waals surface area contributed by atoms with Crippen molar-refractivity contribution < 1.29 is 15.7 Å². The maximum absolute atomic E-state index is 8.45. The van der Waals surface area contributed by atoms with Gasteiger partial charge in [0.15, 0.2) is 0 Å². The Balaban J connectivity index is 0. The van der Waals surface area contributed by atoms with Crippen molar-refractivity contribution >= 4 is 16.3 Å². The van der Waals surface area contributed by atoms with Gasteiger partial charge in [-0.25, -0.2) is 0 Å². The molecule has 0 heterocycles. The summed E-state index contributed by atoms with van der Waals surface area (Å²) in [6, 6.07) is 0. The zero-order valence-electron chi connectivity index (χ0n) is 4.39. The van der Waals surface area contributed by atoms with Crippen molar-refractivity contribution in [3.63, 3.8) is 0 Å². The first kappa shape index (κ1) is 10.4. The first-order valence-corrected chi connectivity index (χ1v) is 3.51. The van der Waals surface area contributed by atoms with Crippen LogP contribution in [0.15, 0.2) is 0 Å². The lowest BCUT2D eigenvalue weighted by Gasteiger charge is -1.97. The van der Waals surface area contributed by atoms with E-state index in [9.17, 15) is 0 Å². The lowest BCUT2D eigenvalue weighted by Crippen LogP contribution is -2.09. The molecule has 0 aliphatic rings. The first-order valence-electron chi connectivity index (χ1n) is 2.10. The van der Waals surface area contributed by atoms with Crippen LogP contribution in [0.1, 0.15) is 0 Å². The van der Waals surface area contributed by atoms with Crippen LogP contribution in [0, 0.1) is 0 Å². The van der Waals surface area contributed by atoms with Gasteiger partial charge in [-0.05, 0) is 0 Å². The predicted octanol–water partition coefficient (Wildman–Crippen LogP) is -2.43. The molecule has 0 aromatic heterocycles. The standard InChI is InChI=1S/C3H7O2.Al.H2O.2H/c1-3(5)2-4;;;;/h3-5H,1-2H2;;1H2;;. The van der Waals surface area contributed by atoms with Crippen LogP contribution in [0.5, 0.6) is 0 Å². The molecule has 0 aliphatic heterocycles. The van der Waals surface area contributed by atoms with Crippen molar-refractivity contribution in [1.82, 2.24) is 0 Å². The van der Waals surface area contributed by atoms with Gasteiger partial charge in [-0.1, -0.05) is 5.28 Å². The summed E-state index contributed by atoms with van der Waals surface area (Å²) in [5.41, 5.74) is 0. The van der Waals surface area contributed by atoms with Crippen LogP contribution in [0.2, 0.25) is 5.28 Å². The molecule has 0 saturated carbocycles. The van der Waals surface area contributed by atoms with Crippen molar-refractivity contribution in [1.29, 1.82) is 0 Å². The molecule has 4 heteroatoms. The van der Waals surface area contributed by atoms with E-state index in [1.165, 1.54) is 0 Å². The van der Waals surface area contributed by atoms with Gasteiger partial charge in [-0.2, -0.15) is 0 Å². The molecule has 0 aliphatic carbocycles. The van der Waals surface area contributed by atoms with Crippen molar-refractivity contribution in [3.8, 4) is 0 Å². The topological polar surface area (TPSA) is 72.0 Å². The summed E-state index contributed by atoms with van der Waals surface area (Å²) in [6.45, 7) is -0.0799. The van der Waals surface area contributed by atoms with E-state index in [1.807, 2.05) is 0 Å². The van der Waals surface area contributed by atoms with E-state index < -0.39 is 6.10 Å². The Morgan fingerprint density at radius 1 is 1.57 bits per heavy atom. The van der Waals surface area contributed by atoms with Crippen LogP contribution in [0.4, 0.5) is 0 Å². The molecule has 0 bridgehead atoms. The van der Waals surface area contributed by atoms with Crippen molar-refractivity contribution in [2.24, 2.45) is 0 Å². The SMILES string of the molecule is O.OCC(O)[CH2][AlH2]. The Bertz CT molecular complexity index is 29.4. The Kier molecular flexibility index (Phi) is 9.53. The Labute approximate surface area is 50.7 Å². The molecule has 1 atom stereocenters. The molecule has 3 nitrogen and oxygen atoms in total. The fraction of sp³-hybridized carbons (Fsp3) is 1.00. The summed E-state index contributed by atoms with van der Waals surface area (Å²) in [5, 5.41) is 17.3. The van der Waals surface area contributed by atoms with Gasteiger partial charge in [0.05, 0.1) is 12.7 Å². The smallest absolute Gasteiger partial charge is 0.216 e. The van der Waals surface area contributed by atoms with Gasteiger partial charge in [0.25, 0.3) is 0 Å². The molecular formula is C3H11AlO3. The van der Waals surface area contributed by atoms with E-state index in [1.54, 1.807) is 0 Å². The minimum Gasteiger partial charge on any atom is -0.412 e. The van der Waals surface area contributed by atoms with Gasteiger partial charge in [-0.15, -0.1) is 0 Å². The second-order valence-corrected chi connectivity index (χ2v) is 2.06. The molecular weight excluding hydrogens is 111 g/mol. The van der Waals surface area contributed by atoms with E-state index in [-0.39, 0.29) is 12.1 Å². The average molecular weight is 122 g/mol. The van der Waals surface area contributed by atoms with Crippen LogP contribution in [0.25, 0.3) is 0 Å². The van der Waals surface area contributed by atoms with Crippen LogP contribution in [-0.2, 0) is 0 Å². The quantitative estimate of drug-likeness (QED) is 0.399. The number of rotatable bonds is 2. The third-order valence-electron chi connectivity index (χ3n) is 0.682. The van der Waals surface area contributed by atoms with E-state index >= 15 is 0 Å². The Morgan fingerprint density at radius 3 is 2.00 bits per heavy atom. The lowest BCUT2D eigenvalue weighted by molar-refractivity contribution is 0.110. The molecule has 1 unspecified atom stereocenters. The second kappa shape index (κ2) is 6.41. The summed E-state index contributed by atoms with van der Waals surface area (Å²) >= 11 is 0.972. The van der Waals surface area contributed by atoms with Crippen LogP contribution in [-0.4, -0.2) is 44.7 Å². The summed E-state index contributed by atoms with van der Waals surface area (Å²) in [6.07, 6.45) is -0.448. The fourth-order valence-electron chi connectivity index (χ4n) is 0.129. The molecule has 0 spiro atoms. The fourth-order valence-corrected chi connectivity index (χ4v) is 0.387. The molecule has 0 aromatic carbocycles. The van der Waals surface area contributed by atoms with Crippen LogP contribution in [0.3, 0.4) is 0 Å². The van der Waals surface area contributed by atoms with Gasteiger partial charge in [0.1, 0.15) is 0 Å².